The van der Waals surface area contributed by atoms with Gasteiger partial charge < -0.3 is 5.32 Å². The van der Waals surface area contributed by atoms with Crippen LogP contribution in [0.25, 0.3) is 0 Å². The molecule has 1 atom stereocenters. The van der Waals surface area contributed by atoms with Gasteiger partial charge in [-0.2, -0.15) is 4.98 Å². The number of halogens is 1. The van der Waals surface area contributed by atoms with Gasteiger partial charge in [0.15, 0.2) is 15.7 Å². The summed E-state index contributed by atoms with van der Waals surface area (Å²) in [5, 5.41) is 9.20. The van der Waals surface area contributed by atoms with E-state index in [1.807, 2.05) is 12.1 Å². The number of carbonyl (C=O) groups is 1. The second kappa shape index (κ2) is 14.2. The smallest absolute Gasteiger partial charge is 0.102 e. The van der Waals surface area contributed by atoms with Crippen molar-refractivity contribution in [1.82, 2.24) is 14.9 Å². The number of amides is 1. The van der Waals surface area contributed by atoms with Crippen molar-refractivity contribution in [2.24, 2.45) is 0 Å². The number of aromatic nitrogens is 2. The van der Waals surface area contributed by atoms with Crippen LogP contribution in [0.2, 0.25) is 5.02 Å². The summed E-state index contributed by atoms with van der Waals surface area (Å²) in [7, 11) is 0.704. The minimum absolute atomic E-state index is 0.0323. The van der Waals surface area contributed by atoms with Crippen LogP contribution in [0.4, 0.5) is 23.1 Å². The van der Waals surface area contributed by atoms with E-state index in [9.17, 15) is 13.2 Å². The van der Waals surface area contributed by atoms with Gasteiger partial charge in [0.25, 0.3) is 0 Å². The third-order valence-electron chi connectivity index (χ3n) is 6.88. The Hall–Kier alpha value is -1.95. The van der Waals surface area contributed by atoms with Gasteiger partial charge >= 0.3 is 149 Å². The average molecular weight is 709 g/mol. The molecule has 9 nitrogen and oxygen atoms in total. The zero-order valence-electron chi connectivity index (χ0n) is 23.4. The Morgan fingerprint density at radius 3 is 2.62 bits per heavy atom. The molecule has 2 aromatic carbocycles. The van der Waals surface area contributed by atoms with E-state index in [2.05, 4.69) is 63.0 Å². The standard InChI is InChI=1S/C28H34AsClN6O3S3/c1-19(2)42(38,39)25-8-4-3-7-24(25)34-27-23(30)16-31-28(35-27)33-22-6-5-13-36(17-22)18-26(37)32-21-11-9-20(10-12-21)29-40-14-15-41-29/h3-4,7-12,16,19,22H,5-6,13-15,17-18H2,1-2H3,(H,32,37)(H2,31,33,34,35)/t22-/m1/s1. The van der Waals surface area contributed by atoms with Crippen molar-refractivity contribution in [3.8, 4) is 0 Å². The molecule has 0 radical (unpaired) electrons. The summed E-state index contributed by atoms with van der Waals surface area (Å²) in [6.45, 7) is 5.10. The fourth-order valence-corrected chi connectivity index (χ4v) is 20.2. The topological polar surface area (TPSA) is 116 Å². The Morgan fingerprint density at radius 2 is 1.88 bits per heavy atom. The van der Waals surface area contributed by atoms with Crippen LogP contribution in [0.15, 0.2) is 59.6 Å². The Balaban J connectivity index is 1.18. The normalized spacial score (nSPS) is 18.2. The number of para-hydroxylation sites is 1. The molecular weight excluding hydrogens is 675 g/mol. The maximum absolute atomic E-state index is 12.9. The largest absolute Gasteiger partial charge is 0.220 e. The van der Waals surface area contributed by atoms with E-state index in [0.29, 0.717) is 30.5 Å². The number of hydrogen-bond donors (Lipinski definition) is 3. The number of nitrogens with one attached hydrogen (secondary N) is 3. The number of likely N-dealkylation sites (tertiary alicyclic amines) is 1. The first-order chi connectivity index (χ1) is 20.2. The van der Waals surface area contributed by atoms with Gasteiger partial charge in [-0.3, -0.25) is 0 Å². The summed E-state index contributed by atoms with van der Waals surface area (Å²) >= 11 is 5.38. The van der Waals surface area contributed by atoms with Crippen LogP contribution in [0.1, 0.15) is 26.7 Å². The van der Waals surface area contributed by atoms with E-state index in [-0.39, 0.29) is 21.9 Å². The summed E-state index contributed by atoms with van der Waals surface area (Å²) in [5.41, 5.74) is 1.23. The summed E-state index contributed by atoms with van der Waals surface area (Å²) in [4.78, 5) is 24.0. The van der Waals surface area contributed by atoms with E-state index in [4.69, 9.17) is 11.6 Å². The van der Waals surface area contributed by atoms with Crippen molar-refractivity contribution in [3.05, 3.63) is 59.8 Å². The number of carbonyl (C=O) groups excluding carboxylic acids is 1. The van der Waals surface area contributed by atoms with Crippen LogP contribution in [0.5, 0.6) is 0 Å². The van der Waals surface area contributed by atoms with Crippen molar-refractivity contribution in [1.29, 1.82) is 0 Å². The van der Waals surface area contributed by atoms with Crippen molar-refractivity contribution in [2.75, 3.05) is 47.1 Å². The molecule has 0 bridgehead atoms. The fraction of sp³-hybridized carbons (Fsp3) is 0.393. The third kappa shape index (κ3) is 7.95. The van der Waals surface area contributed by atoms with Gasteiger partial charge in [-0.05, 0) is 26.0 Å². The van der Waals surface area contributed by atoms with Crippen molar-refractivity contribution < 1.29 is 13.2 Å². The first-order valence-electron chi connectivity index (χ1n) is 13.8. The molecule has 2 aliphatic heterocycles. The van der Waals surface area contributed by atoms with E-state index >= 15 is 0 Å². The molecule has 14 heteroatoms. The van der Waals surface area contributed by atoms with E-state index in [1.165, 1.54) is 22.1 Å². The monoisotopic (exact) mass is 708 g/mol. The molecule has 0 aliphatic carbocycles. The molecule has 42 heavy (non-hydrogen) atoms. The van der Waals surface area contributed by atoms with Gasteiger partial charge in [0, 0.05) is 0 Å². The van der Waals surface area contributed by atoms with Gasteiger partial charge in [0.05, 0.1) is 22.0 Å². The van der Waals surface area contributed by atoms with Gasteiger partial charge in [0.2, 0.25) is 0 Å². The molecule has 5 rings (SSSR count). The van der Waals surface area contributed by atoms with Gasteiger partial charge in [0.1, 0.15) is 5.02 Å². The van der Waals surface area contributed by atoms with Crippen molar-refractivity contribution in [2.45, 2.75) is 42.9 Å². The first kappa shape index (κ1) is 31.5. The van der Waals surface area contributed by atoms with Crippen molar-refractivity contribution in [3.63, 3.8) is 0 Å². The van der Waals surface area contributed by atoms with Crippen LogP contribution in [0.3, 0.4) is 0 Å². The Labute approximate surface area is 263 Å². The molecule has 1 aromatic heterocycles. The molecule has 3 heterocycles. The van der Waals surface area contributed by atoms with Gasteiger partial charge in [-0.15, -0.1) is 0 Å². The quantitative estimate of drug-likeness (QED) is 0.255. The number of piperidine rings is 1. The predicted molar refractivity (Wildman–Crippen MR) is 178 cm³/mol. The third-order valence-corrected chi connectivity index (χ3v) is 23.1. The molecule has 2 fully saturated rings. The molecule has 3 aromatic rings. The molecular formula is C28H34AsClN6O3S3. The van der Waals surface area contributed by atoms with Crippen LogP contribution in [-0.4, -0.2) is 84.0 Å². The number of benzene rings is 2. The van der Waals surface area contributed by atoms with Gasteiger partial charge in [-0.1, -0.05) is 23.7 Å². The minimum atomic E-state index is -3.52. The number of rotatable bonds is 10. The maximum Gasteiger partial charge on any atom is 0.102 e. The molecule has 1 amide bonds. The van der Waals surface area contributed by atoms with E-state index in [1.54, 1.807) is 38.1 Å². The number of anilines is 4. The second-order valence-corrected chi connectivity index (χ2v) is 25.0. The zero-order valence-corrected chi connectivity index (χ0v) is 28.5. The molecule has 0 saturated carbocycles. The Bertz CT molecular complexity index is 1510. The molecule has 0 unspecified atom stereocenters. The van der Waals surface area contributed by atoms with E-state index in [0.717, 1.165) is 25.1 Å². The van der Waals surface area contributed by atoms with Crippen LogP contribution in [0, 0.1) is 0 Å². The number of hydrogen-bond acceptors (Lipinski definition) is 10. The van der Waals surface area contributed by atoms with Crippen LogP contribution in [-0.2, 0) is 14.6 Å². The van der Waals surface area contributed by atoms with Crippen molar-refractivity contribution >= 4 is 87.2 Å². The first-order valence-corrected chi connectivity index (χ1v) is 23.1. The zero-order chi connectivity index (χ0) is 29.7. The number of sulfone groups is 1. The second-order valence-electron chi connectivity index (χ2n) is 10.3. The van der Waals surface area contributed by atoms with Gasteiger partial charge in [-0.25, -0.2) is 13.4 Å². The predicted octanol–water partition coefficient (Wildman–Crippen LogP) is 4.75. The summed E-state index contributed by atoms with van der Waals surface area (Å²) in [5.74, 6) is 3.15. The molecule has 2 saturated heterocycles. The Kier molecular flexibility index (Phi) is 10.7. The number of nitrogens with zero attached hydrogens (tertiary/aromatic N) is 3. The SMILES string of the molecule is CC(C)S(=O)(=O)c1ccccc1Nc1nc(N[C@@H]2CCCN(CC(=O)Nc3ccc([As]4SCCS4)cc3)C2)ncc1Cl. The molecule has 224 valence electrons. The van der Waals surface area contributed by atoms with E-state index < -0.39 is 27.4 Å². The van der Waals surface area contributed by atoms with Crippen LogP contribution < -0.4 is 20.3 Å². The average Bonchev–Trinajstić information content (AvgIpc) is 3.51. The maximum atomic E-state index is 12.9. The summed E-state index contributed by atoms with van der Waals surface area (Å²) < 4.78 is 27.2. The molecule has 2 aliphatic rings. The Morgan fingerprint density at radius 1 is 1.14 bits per heavy atom. The minimum Gasteiger partial charge on any atom is -0.220 e. The van der Waals surface area contributed by atoms with Crippen LogP contribution >= 0.6 is 31.6 Å². The molecule has 3 N–H and O–H groups in total. The summed E-state index contributed by atoms with van der Waals surface area (Å²) in [6.07, 6.45) is 3.33. The summed E-state index contributed by atoms with van der Waals surface area (Å²) in [6, 6.07) is 15.1. The fourth-order valence-electron chi connectivity index (χ4n) is 4.72. The molecule has 0 spiro atoms.